The van der Waals surface area contributed by atoms with E-state index in [0.717, 1.165) is 36.4 Å². The quantitative estimate of drug-likeness (QED) is 0.553. The smallest absolute Gasteiger partial charge is 0.229 e. The van der Waals surface area contributed by atoms with Gasteiger partial charge < -0.3 is 21.7 Å². The minimum atomic E-state index is 0. The number of nitrogens with one attached hydrogen (secondary N) is 1. The van der Waals surface area contributed by atoms with Crippen LogP contribution < -0.4 is 21.7 Å². The summed E-state index contributed by atoms with van der Waals surface area (Å²) in [6.07, 6.45) is 2.65. The number of halogens is 2. The molecule has 1 saturated heterocycles. The molecule has 0 aliphatic carbocycles. The Labute approximate surface area is 174 Å². The maximum absolute atomic E-state index is 9.12. The fraction of sp³-hybridized carbons (Fsp3) is 0.222. The molecule has 146 valence electrons. The van der Waals surface area contributed by atoms with E-state index in [2.05, 4.69) is 31.2 Å². The fourth-order valence-corrected chi connectivity index (χ4v) is 3.13. The lowest BCUT2D eigenvalue weighted by molar-refractivity contribution is 0.751. The topological polar surface area (TPSA) is 130 Å². The van der Waals surface area contributed by atoms with Gasteiger partial charge in [-0.25, -0.2) is 4.98 Å². The highest BCUT2D eigenvalue weighted by Crippen LogP contribution is 2.27. The second-order valence-electron chi connectivity index (χ2n) is 6.32. The van der Waals surface area contributed by atoms with Crippen molar-refractivity contribution in [1.82, 2.24) is 15.0 Å². The molecule has 5 N–H and O–H groups in total. The van der Waals surface area contributed by atoms with Crippen molar-refractivity contribution in [1.29, 1.82) is 5.26 Å². The van der Waals surface area contributed by atoms with Gasteiger partial charge in [-0.1, -0.05) is 0 Å². The summed E-state index contributed by atoms with van der Waals surface area (Å²) >= 11 is 0. The molecule has 4 rings (SSSR count). The number of anilines is 4. The maximum Gasteiger partial charge on any atom is 0.229 e. The van der Waals surface area contributed by atoms with E-state index in [4.69, 9.17) is 16.7 Å². The Hall–Kier alpha value is -2.86. The minimum Gasteiger partial charge on any atom is -0.399 e. The first-order chi connectivity index (χ1) is 12.6. The van der Waals surface area contributed by atoms with Gasteiger partial charge in [0.15, 0.2) is 5.82 Å². The molecule has 0 radical (unpaired) electrons. The van der Waals surface area contributed by atoms with Crippen LogP contribution >= 0.6 is 24.8 Å². The van der Waals surface area contributed by atoms with E-state index in [9.17, 15) is 0 Å². The Morgan fingerprint density at radius 3 is 2.75 bits per heavy atom. The number of nitrogens with zero attached hydrogens (tertiary/aromatic N) is 5. The summed E-state index contributed by atoms with van der Waals surface area (Å²) < 4.78 is 0. The van der Waals surface area contributed by atoms with Crippen LogP contribution in [-0.4, -0.2) is 34.1 Å². The second-order valence-corrected chi connectivity index (χ2v) is 6.32. The van der Waals surface area contributed by atoms with Gasteiger partial charge in [0, 0.05) is 36.7 Å². The van der Waals surface area contributed by atoms with Crippen molar-refractivity contribution in [2.24, 2.45) is 5.73 Å². The lowest BCUT2D eigenvalue weighted by Gasteiger charge is -2.19. The highest BCUT2D eigenvalue weighted by atomic mass is 35.5. The minimum absolute atomic E-state index is 0. The van der Waals surface area contributed by atoms with Gasteiger partial charge >= 0.3 is 0 Å². The molecule has 3 aromatic rings. The molecule has 0 amide bonds. The molecule has 2 aromatic heterocycles. The molecule has 10 heteroatoms. The first-order valence-corrected chi connectivity index (χ1v) is 8.33. The van der Waals surface area contributed by atoms with E-state index in [1.807, 2.05) is 12.1 Å². The van der Waals surface area contributed by atoms with Crippen molar-refractivity contribution in [2.75, 3.05) is 29.0 Å². The lowest BCUT2D eigenvalue weighted by atomic mass is 10.2. The number of rotatable bonds is 3. The predicted molar refractivity (Wildman–Crippen MR) is 115 cm³/mol. The van der Waals surface area contributed by atoms with Crippen molar-refractivity contribution in [2.45, 2.75) is 12.5 Å². The normalized spacial score (nSPS) is 15.4. The van der Waals surface area contributed by atoms with Gasteiger partial charge in [0.25, 0.3) is 0 Å². The number of benzene rings is 1. The number of fused-ring (bicyclic) bond motifs is 1. The van der Waals surface area contributed by atoms with Gasteiger partial charge in [-0.15, -0.1) is 24.8 Å². The molecule has 0 spiro atoms. The average Bonchev–Trinajstić information content (AvgIpc) is 3.06. The molecule has 1 aliphatic rings. The van der Waals surface area contributed by atoms with E-state index >= 15 is 0 Å². The largest absolute Gasteiger partial charge is 0.399 e. The average molecular weight is 419 g/mol. The second kappa shape index (κ2) is 8.89. The standard InChI is InChI=1S/C18H18N8.2ClH/c19-9-11-6-13(21)8-14(7-11)23-18-24-15-2-1-4-22-16(15)17(25-18)26-5-3-12(20)10-26;;/h1-2,4,6-8,12H,3,5,10,20-21H2,(H,23,24,25);2*1H. The Kier molecular flexibility index (Phi) is 6.80. The van der Waals surface area contributed by atoms with E-state index in [0.29, 0.717) is 22.9 Å². The van der Waals surface area contributed by atoms with Crippen molar-refractivity contribution in [3.05, 3.63) is 42.1 Å². The zero-order chi connectivity index (χ0) is 18.1. The van der Waals surface area contributed by atoms with Crippen molar-refractivity contribution >= 4 is 59.0 Å². The van der Waals surface area contributed by atoms with Gasteiger partial charge in [0.2, 0.25) is 5.95 Å². The molecule has 1 fully saturated rings. The number of nitriles is 1. The van der Waals surface area contributed by atoms with Crippen LogP contribution in [0.5, 0.6) is 0 Å². The number of hydrogen-bond donors (Lipinski definition) is 3. The Morgan fingerprint density at radius 2 is 2.04 bits per heavy atom. The van der Waals surface area contributed by atoms with Crippen LogP contribution in [0.25, 0.3) is 11.0 Å². The molecule has 1 aromatic carbocycles. The maximum atomic E-state index is 9.12. The molecule has 1 unspecified atom stereocenters. The van der Waals surface area contributed by atoms with E-state index in [1.54, 1.807) is 24.4 Å². The number of nitrogens with two attached hydrogens (primary N) is 2. The number of hydrogen-bond acceptors (Lipinski definition) is 8. The first-order valence-electron chi connectivity index (χ1n) is 8.33. The van der Waals surface area contributed by atoms with Gasteiger partial charge in [0.05, 0.1) is 17.1 Å². The van der Waals surface area contributed by atoms with Crippen LogP contribution in [0.15, 0.2) is 36.5 Å². The van der Waals surface area contributed by atoms with Crippen LogP contribution in [0.1, 0.15) is 12.0 Å². The van der Waals surface area contributed by atoms with Crippen molar-refractivity contribution in [3.8, 4) is 6.07 Å². The van der Waals surface area contributed by atoms with Gasteiger partial charge in [-0.3, -0.25) is 4.98 Å². The van der Waals surface area contributed by atoms with Crippen LogP contribution in [0.4, 0.5) is 23.1 Å². The molecule has 8 nitrogen and oxygen atoms in total. The van der Waals surface area contributed by atoms with E-state index in [1.165, 1.54) is 0 Å². The number of aromatic nitrogens is 3. The predicted octanol–water partition coefficient (Wildman–Crippen LogP) is 2.60. The first kappa shape index (κ1) is 21.4. The van der Waals surface area contributed by atoms with Crippen LogP contribution in [-0.2, 0) is 0 Å². The van der Waals surface area contributed by atoms with Crippen LogP contribution in [0, 0.1) is 11.3 Å². The molecule has 1 aliphatic heterocycles. The number of nitrogen functional groups attached to an aromatic ring is 1. The van der Waals surface area contributed by atoms with Crippen LogP contribution in [0.3, 0.4) is 0 Å². The third-order valence-corrected chi connectivity index (χ3v) is 4.30. The zero-order valence-electron chi connectivity index (χ0n) is 14.9. The monoisotopic (exact) mass is 418 g/mol. The highest BCUT2D eigenvalue weighted by Gasteiger charge is 2.23. The molecule has 0 bridgehead atoms. The fourth-order valence-electron chi connectivity index (χ4n) is 3.13. The third kappa shape index (κ3) is 4.34. The van der Waals surface area contributed by atoms with Crippen molar-refractivity contribution < 1.29 is 0 Å². The van der Waals surface area contributed by atoms with Gasteiger partial charge in [0.1, 0.15) is 5.52 Å². The molecule has 0 saturated carbocycles. The van der Waals surface area contributed by atoms with E-state index in [-0.39, 0.29) is 30.9 Å². The summed E-state index contributed by atoms with van der Waals surface area (Å²) in [7, 11) is 0. The Morgan fingerprint density at radius 1 is 1.21 bits per heavy atom. The molecular weight excluding hydrogens is 399 g/mol. The SMILES string of the molecule is Cl.Cl.N#Cc1cc(N)cc(Nc2nc(N3CCC(N)C3)c3ncccc3n2)c1. The molecule has 3 heterocycles. The van der Waals surface area contributed by atoms with Gasteiger partial charge in [-0.2, -0.15) is 10.2 Å². The molecule has 1 atom stereocenters. The third-order valence-electron chi connectivity index (χ3n) is 4.30. The summed E-state index contributed by atoms with van der Waals surface area (Å²) in [6.45, 7) is 1.57. The van der Waals surface area contributed by atoms with Crippen LogP contribution in [0.2, 0.25) is 0 Å². The zero-order valence-corrected chi connectivity index (χ0v) is 16.5. The summed E-state index contributed by atoms with van der Waals surface area (Å²) in [6, 6.07) is 11.0. The molecular formula is C18H20Cl2N8. The number of pyridine rings is 1. The summed E-state index contributed by atoms with van der Waals surface area (Å²) in [4.78, 5) is 15.8. The van der Waals surface area contributed by atoms with E-state index < -0.39 is 0 Å². The Bertz CT molecular complexity index is 1020. The summed E-state index contributed by atoms with van der Waals surface area (Å²) in [5.41, 5.74) is 15.0. The summed E-state index contributed by atoms with van der Waals surface area (Å²) in [5, 5.41) is 12.3. The molecule has 28 heavy (non-hydrogen) atoms. The summed E-state index contributed by atoms with van der Waals surface area (Å²) in [5.74, 6) is 1.19. The van der Waals surface area contributed by atoms with Crippen molar-refractivity contribution in [3.63, 3.8) is 0 Å². The lowest BCUT2D eigenvalue weighted by Crippen LogP contribution is -2.27. The highest BCUT2D eigenvalue weighted by molar-refractivity contribution is 5.87. The Balaban J connectivity index is 0.00000140. The van der Waals surface area contributed by atoms with Gasteiger partial charge in [-0.05, 0) is 36.8 Å².